The highest BCUT2D eigenvalue weighted by atomic mass is 16.5. The molecule has 0 bridgehead atoms. The molecule has 2 heterocycles. The van der Waals surface area contributed by atoms with E-state index in [4.69, 9.17) is 4.74 Å². The van der Waals surface area contributed by atoms with Gasteiger partial charge in [0.05, 0.1) is 12.7 Å². The summed E-state index contributed by atoms with van der Waals surface area (Å²) >= 11 is 0. The first kappa shape index (κ1) is 15.6. The van der Waals surface area contributed by atoms with Gasteiger partial charge in [-0.3, -0.25) is 14.5 Å². The average molecular weight is 314 g/mol. The lowest BCUT2D eigenvalue weighted by Crippen LogP contribution is -2.37. The molecule has 23 heavy (non-hydrogen) atoms. The van der Waals surface area contributed by atoms with E-state index in [-0.39, 0.29) is 11.8 Å². The Bertz CT molecular complexity index is 655. The maximum atomic E-state index is 12.6. The Labute approximate surface area is 136 Å². The number of carbonyl (C=O) groups is 2. The Hall–Kier alpha value is -2.30. The summed E-state index contributed by atoms with van der Waals surface area (Å²) in [6.07, 6.45) is 2.09. The van der Waals surface area contributed by atoms with Crippen molar-refractivity contribution in [1.82, 2.24) is 9.80 Å². The molecule has 2 amide bonds. The lowest BCUT2D eigenvalue weighted by molar-refractivity contribution is -0.136. The van der Waals surface area contributed by atoms with E-state index in [0.29, 0.717) is 17.2 Å². The summed E-state index contributed by atoms with van der Waals surface area (Å²) in [6, 6.07) is 7.30. The number of carbonyl (C=O) groups excluding carboxylic acids is 2. The van der Waals surface area contributed by atoms with Gasteiger partial charge in [0.1, 0.15) is 11.4 Å². The topological polar surface area (TPSA) is 49.9 Å². The third-order valence-electron chi connectivity index (χ3n) is 4.74. The Morgan fingerprint density at radius 1 is 1.04 bits per heavy atom. The standard InChI is InChI=1S/C18H22N2O3/c1-12-8-10-20(11-9-12)16-15(17(21)19(2)18(16)22)13-4-6-14(23-3)7-5-13/h4-7,12H,8-11H2,1-3H3. The number of benzene rings is 1. The number of amides is 2. The van der Waals surface area contributed by atoms with E-state index in [0.717, 1.165) is 37.2 Å². The van der Waals surface area contributed by atoms with Crippen LogP contribution in [0.1, 0.15) is 25.3 Å². The van der Waals surface area contributed by atoms with Crippen LogP contribution in [0.4, 0.5) is 0 Å². The van der Waals surface area contributed by atoms with Crippen LogP contribution >= 0.6 is 0 Å². The van der Waals surface area contributed by atoms with Crippen molar-refractivity contribution in [3.8, 4) is 5.75 Å². The quantitative estimate of drug-likeness (QED) is 0.802. The van der Waals surface area contributed by atoms with Crippen LogP contribution in [-0.4, -0.2) is 48.9 Å². The molecule has 1 fully saturated rings. The SMILES string of the molecule is COc1ccc(C2=C(N3CCC(C)CC3)C(=O)N(C)C2=O)cc1. The molecule has 0 unspecified atom stereocenters. The van der Waals surface area contributed by atoms with E-state index in [2.05, 4.69) is 11.8 Å². The number of hydrogen-bond donors (Lipinski definition) is 0. The zero-order valence-corrected chi connectivity index (χ0v) is 13.8. The van der Waals surface area contributed by atoms with Crippen molar-refractivity contribution in [1.29, 1.82) is 0 Å². The van der Waals surface area contributed by atoms with Crippen molar-refractivity contribution in [3.63, 3.8) is 0 Å². The highest BCUT2D eigenvalue weighted by Crippen LogP contribution is 2.33. The van der Waals surface area contributed by atoms with Gasteiger partial charge in [-0.15, -0.1) is 0 Å². The van der Waals surface area contributed by atoms with Crippen LogP contribution in [0.2, 0.25) is 0 Å². The molecule has 5 heteroatoms. The second kappa shape index (κ2) is 6.07. The minimum atomic E-state index is -0.228. The van der Waals surface area contributed by atoms with Crippen LogP contribution in [-0.2, 0) is 9.59 Å². The lowest BCUT2D eigenvalue weighted by atomic mass is 9.97. The van der Waals surface area contributed by atoms with Crippen LogP contribution in [0, 0.1) is 5.92 Å². The van der Waals surface area contributed by atoms with E-state index >= 15 is 0 Å². The maximum Gasteiger partial charge on any atom is 0.277 e. The van der Waals surface area contributed by atoms with E-state index in [1.165, 1.54) is 4.90 Å². The molecule has 0 aromatic heterocycles. The summed E-state index contributed by atoms with van der Waals surface area (Å²) < 4.78 is 5.17. The largest absolute Gasteiger partial charge is 0.497 e. The Balaban J connectivity index is 2.02. The molecule has 1 aromatic carbocycles. The summed E-state index contributed by atoms with van der Waals surface area (Å²) in [7, 11) is 3.15. The number of piperidine rings is 1. The molecule has 0 N–H and O–H groups in total. The lowest BCUT2D eigenvalue weighted by Gasteiger charge is -2.32. The van der Waals surface area contributed by atoms with E-state index in [1.807, 2.05) is 24.3 Å². The maximum absolute atomic E-state index is 12.6. The van der Waals surface area contributed by atoms with Crippen molar-refractivity contribution < 1.29 is 14.3 Å². The molecular formula is C18H22N2O3. The van der Waals surface area contributed by atoms with Crippen molar-refractivity contribution >= 4 is 17.4 Å². The van der Waals surface area contributed by atoms with Crippen LogP contribution in [0.3, 0.4) is 0 Å². The summed E-state index contributed by atoms with van der Waals surface area (Å²) in [5, 5.41) is 0. The highest BCUT2D eigenvalue weighted by Gasteiger charge is 2.40. The van der Waals surface area contributed by atoms with Gasteiger partial charge in [-0.1, -0.05) is 19.1 Å². The fourth-order valence-electron chi connectivity index (χ4n) is 3.17. The first-order chi connectivity index (χ1) is 11.0. The van der Waals surface area contributed by atoms with Gasteiger partial charge in [-0.2, -0.15) is 0 Å². The van der Waals surface area contributed by atoms with Crippen molar-refractivity contribution in [2.24, 2.45) is 5.92 Å². The molecule has 0 saturated carbocycles. The Kier molecular flexibility index (Phi) is 4.11. The van der Waals surface area contributed by atoms with Crippen LogP contribution < -0.4 is 4.74 Å². The van der Waals surface area contributed by atoms with Crippen LogP contribution in [0.25, 0.3) is 5.57 Å². The molecule has 3 rings (SSSR count). The molecule has 1 saturated heterocycles. The monoisotopic (exact) mass is 314 g/mol. The minimum Gasteiger partial charge on any atom is -0.497 e. The third kappa shape index (κ3) is 2.71. The number of rotatable bonds is 3. The Morgan fingerprint density at radius 2 is 1.65 bits per heavy atom. The number of imide groups is 1. The van der Waals surface area contributed by atoms with Gasteiger partial charge < -0.3 is 9.64 Å². The summed E-state index contributed by atoms with van der Waals surface area (Å²) in [5.41, 5.74) is 1.83. The first-order valence-corrected chi connectivity index (χ1v) is 7.99. The predicted octanol–water partition coefficient (Wildman–Crippen LogP) is 2.14. The molecule has 1 aromatic rings. The zero-order chi connectivity index (χ0) is 16.6. The smallest absolute Gasteiger partial charge is 0.277 e. The molecule has 5 nitrogen and oxygen atoms in total. The van der Waals surface area contributed by atoms with Crippen molar-refractivity contribution in [2.45, 2.75) is 19.8 Å². The van der Waals surface area contributed by atoms with Gasteiger partial charge in [-0.05, 0) is 36.5 Å². The molecule has 2 aliphatic heterocycles. The van der Waals surface area contributed by atoms with E-state index in [9.17, 15) is 9.59 Å². The highest BCUT2D eigenvalue weighted by molar-refractivity contribution is 6.35. The minimum absolute atomic E-state index is 0.199. The summed E-state index contributed by atoms with van der Waals surface area (Å²) in [6.45, 7) is 3.87. The number of methoxy groups -OCH3 is 1. The molecule has 2 aliphatic rings. The number of nitrogens with zero attached hydrogens (tertiary/aromatic N) is 2. The first-order valence-electron chi connectivity index (χ1n) is 7.99. The van der Waals surface area contributed by atoms with Gasteiger partial charge >= 0.3 is 0 Å². The van der Waals surface area contributed by atoms with Crippen LogP contribution in [0.15, 0.2) is 30.0 Å². The summed E-state index contributed by atoms with van der Waals surface area (Å²) in [5.74, 6) is 0.971. The molecular weight excluding hydrogens is 292 g/mol. The number of likely N-dealkylation sites (tertiary alicyclic amines) is 1. The van der Waals surface area contributed by atoms with Gasteiger partial charge in [-0.25, -0.2) is 0 Å². The fourth-order valence-corrected chi connectivity index (χ4v) is 3.17. The zero-order valence-electron chi connectivity index (χ0n) is 13.8. The number of ether oxygens (including phenoxy) is 1. The average Bonchev–Trinajstić information content (AvgIpc) is 2.80. The van der Waals surface area contributed by atoms with E-state index < -0.39 is 0 Å². The van der Waals surface area contributed by atoms with E-state index in [1.54, 1.807) is 14.2 Å². The van der Waals surface area contributed by atoms with Crippen molar-refractivity contribution in [2.75, 3.05) is 27.2 Å². The number of likely N-dealkylation sites (N-methyl/N-ethyl adjacent to an activating group) is 1. The molecule has 0 atom stereocenters. The van der Waals surface area contributed by atoms with Gasteiger partial charge in [0.15, 0.2) is 0 Å². The molecule has 122 valence electrons. The molecule has 0 radical (unpaired) electrons. The molecule has 0 spiro atoms. The van der Waals surface area contributed by atoms with Crippen LogP contribution in [0.5, 0.6) is 5.75 Å². The molecule has 0 aliphatic carbocycles. The van der Waals surface area contributed by atoms with Crippen molar-refractivity contribution in [3.05, 3.63) is 35.5 Å². The Morgan fingerprint density at radius 3 is 2.22 bits per heavy atom. The second-order valence-electron chi connectivity index (χ2n) is 6.29. The van der Waals surface area contributed by atoms with Gasteiger partial charge in [0, 0.05) is 20.1 Å². The second-order valence-corrected chi connectivity index (χ2v) is 6.29. The number of hydrogen-bond acceptors (Lipinski definition) is 4. The van der Waals surface area contributed by atoms with Gasteiger partial charge in [0.25, 0.3) is 11.8 Å². The predicted molar refractivity (Wildman–Crippen MR) is 87.7 cm³/mol. The normalized spacial score (nSPS) is 19.8. The van der Waals surface area contributed by atoms with Gasteiger partial charge in [0.2, 0.25) is 0 Å². The third-order valence-corrected chi connectivity index (χ3v) is 4.74. The fraction of sp³-hybridized carbons (Fsp3) is 0.444. The summed E-state index contributed by atoms with van der Waals surface area (Å²) in [4.78, 5) is 28.4.